The summed E-state index contributed by atoms with van der Waals surface area (Å²) in [5.74, 6) is 1.30. The second-order valence-electron chi connectivity index (χ2n) is 6.18. The van der Waals surface area contributed by atoms with E-state index in [0.29, 0.717) is 43.6 Å². The van der Waals surface area contributed by atoms with Crippen LogP contribution >= 0.6 is 0 Å². The van der Waals surface area contributed by atoms with Crippen LogP contribution < -0.4 is 5.32 Å². The van der Waals surface area contributed by atoms with E-state index in [2.05, 4.69) is 20.4 Å². The van der Waals surface area contributed by atoms with Gasteiger partial charge in [-0.05, 0) is 25.5 Å². The molecular weight excluding hydrogens is 320 g/mol. The van der Waals surface area contributed by atoms with Crippen molar-refractivity contribution in [1.29, 1.82) is 0 Å². The number of nitrogens with one attached hydrogen (secondary N) is 1. The van der Waals surface area contributed by atoms with Gasteiger partial charge in [0.05, 0.1) is 18.8 Å². The number of rotatable bonds is 2. The van der Waals surface area contributed by atoms with Crippen LogP contribution in [0.3, 0.4) is 0 Å². The van der Waals surface area contributed by atoms with Crippen molar-refractivity contribution in [2.45, 2.75) is 19.9 Å². The topological polar surface area (TPSA) is 85.2 Å². The van der Waals surface area contributed by atoms with Gasteiger partial charge in [0.1, 0.15) is 11.9 Å². The number of fused-ring (bicyclic) bond motifs is 1. The first kappa shape index (κ1) is 15.8. The van der Waals surface area contributed by atoms with Gasteiger partial charge in [0.2, 0.25) is 5.95 Å². The average Bonchev–Trinajstić information content (AvgIpc) is 3.01. The highest BCUT2D eigenvalue weighted by molar-refractivity contribution is 5.96. The standard InChI is InChI=1S/C17H20N6O2/c1-11-14(16(24)22-6-8-25-9-7-22)15(13-4-3-5-18-10-13)23-17(19-11)20-12(2)21-23/h3-5,10,15H,6-9H2,1-2H3,(H,19,20,21). The number of ether oxygens (including phenoxy) is 1. The maximum absolute atomic E-state index is 13.3. The molecule has 2 aliphatic heterocycles. The van der Waals surface area contributed by atoms with E-state index in [4.69, 9.17) is 4.74 Å². The molecule has 2 aromatic heterocycles. The van der Waals surface area contributed by atoms with Crippen LogP contribution in [0.2, 0.25) is 0 Å². The lowest BCUT2D eigenvalue weighted by Crippen LogP contribution is -2.44. The lowest BCUT2D eigenvalue weighted by Gasteiger charge is -2.33. The molecular formula is C17H20N6O2. The van der Waals surface area contributed by atoms with Gasteiger partial charge in [0.15, 0.2) is 0 Å². The second kappa shape index (κ2) is 6.29. The minimum Gasteiger partial charge on any atom is -0.378 e. The molecule has 0 spiro atoms. The zero-order valence-corrected chi connectivity index (χ0v) is 14.3. The van der Waals surface area contributed by atoms with E-state index in [-0.39, 0.29) is 11.9 Å². The highest BCUT2D eigenvalue weighted by atomic mass is 16.5. The van der Waals surface area contributed by atoms with Crippen molar-refractivity contribution in [3.05, 3.63) is 47.2 Å². The van der Waals surface area contributed by atoms with Crippen molar-refractivity contribution in [2.24, 2.45) is 0 Å². The fourth-order valence-corrected chi connectivity index (χ4v) is 3.32. The van der Waals surface area contributed by atoms with E-state index in [1.807, 2.05) is 30.9 Å². The highest BCUT2D eigenvalue weighted by Gasteiger charge is 2.36. The Morgan fingerprint density at radius 2 is 2.12 bits per heavy atom. The zero-order valence-electron chi connectivity index (χ0n) is 14.3. The first-order valence-corrected chi connectivity index (χ1v) is 8.33. The van der Waals surface area contributed by atoms with Crippen LogP contribution in [0.5, 0.6) is 0 Å². The maximum Gasteiger partial charge on any atom is 0.254 e. The van der Waals surface area contributed by atoms with E-state index in [0.717, 1.165) is 11.3 Å². The van der Waals surface area contributed by atoms with Gasteiger partial charge >= 0.3 is 0 Å². The maximum atomic E-state index is 13.3. The molecule has 8 heteroatoms. The van der Waals surface area contributed by atoms with Gasteiger partial charge in [0, 0.05) is 31.2 Å². The fraction of sp³-hybridized carbons (Fsp3) is 0.412. The van der Waals surface area contributed by atoms with Crippen LogP contribution in [0.4, 0.5) is 5.95 Å². The highest BCUT2D eigenvalue weighted by Crippen LogP contribution is 2.35. The molecule has 2 aliphatic rings. The summed E-state index contributed by atoms with van der Waals surface area (Å²) >= 11 is 0. The number of amides is 1. The fourth-order valence-electron chi connectivity index (χ4n) is 3.32. The number of aromatic nitrogens is 4. The summed E-state index contributed by atoms with van der Waals surface area (Å²) in [6.07, 6.45) is 3.49. The Kier molecular flexibility index (Phi) is 3.96. The Hall–Kier alpha value is -2.74. The summed E-state index contributed by atoms with van der Waals surface area (Å²) in [5.41, 5.74) is 2.38. The Labute approximate surface area is 145 Å². The van der Waals surface area contributed by atoms with Crippen LogP contribution in [0.1, 0.15) is 24.4 Å². The molecule has 25 heavy (non-hydrogen) atoms. The van der Waals surface area contributed by atoms with E-state index in [1.54, 1.807) is 17.1 Å². The number of nitrogens with zero attached hydrogens (tertiary/aromatic N) is 5. The molecule has 4 heterocycles. The molecule has 0 aliphatic carbocycles. The van der Waals surface area contributed by atoms with Gasteiger partial charge in [-0.15, -0.1) is 0 Å². The molecule has 1 amide bonds. The molecule has 1 saturated heterocycles. The van der Waals surface area contributed by atoms with Crippen LogP contribution in [-0.4, -0.2) is 56.9 Å². The van der Waals surface area contributed by atoms with Crippen molar-refractivity contribution >= 4 is 11.9 Å². The number of pyridine rings is 1. The largest absolute Gasteiger partial charge is 0.378 e. The van der Waals surface area contributed by atoms with Crippen molar-refractivity contribution in [3.8, 4) is 0 Å². The van der Waals surface area contributed by atoms with Crippen LogP contribution in [0.25, 0.3) is 0 Å². The molecule has 4 rings (SSSR count). The molecule has 1 N–H and O–H groups in total. The third-order valence-corrected chi connectivity index (χ3v) is 4.49. The normalized spacial score (nSPS) is 20.2. The average molecular weight is 340 g/mol. The number of anilines is 1. The third-order valence-electron chi connectivity index (χ3n) is 4.49. The summed E-state index contributed by atoms with van der Waals surface area (Å²) < 4.78 is 7.14. The quantitative estimate of drug-likeness (QED) is 0.882. The van der Waals surface area contributed by atoms with Crippen LogP contribution in [-0.2, 0) is 9.53 Å². The molecule has 0 aromatic carbocycles. The van der Waals surface area contributed by atoms with E-state index < -0.39 is 0 Å². The SMILES string of the molecule is CC1=C(C(=O)N2CCOCC2)C(c2cccnc2)n2nc(C)nc2N1. The van der Waals surface area contributed by atoms with Gasteiger partial charge in [-0.1, -0.05) is 6.07 Å². The van der Waals surface area contributed by atoms with Crippen LogP contribution in [0, 0.1) is 6.92 Å². The lowest BCUT2D eigenvalue weighted by atomic mass is 9.95. The molecule has 1 fully saturated rings. The zero-order chi connectivity index (χ0) is 17.4. The number of morpholine rings is 1. The van der Waals surface area contributed by atoms with Crippen molar-refractivity contribution in [3.63, 3.8) is 0 Å². The first-order chi connectivity index (χ1) is 12.1. The second-order valence-corrected chi connectivity index (χ2v) is 6.18. The summed E-state index contributed by atoms with van der Waals surface area (Å²) in [6, 6.07) is 3.48. The molecule has 130 valence electrons. The Morgan fingerprint density at radius 1 is 1.32 bits per heavy atom. The van der Waals surface area contributed by atoms with Crippen molar-refractivity contribution in [2.75, 3.05) is 31.6 Å². The predicted molar refractivity (Wildman–Crippen MR) is 90.9 cm³/mol. The summed E-state index contributed by atoms with van der Waals surface area (Å²) in [7, 11) is 0. The van der Waals surface area contributed by atoms with Gasteiger partial charge in [-0.25, -0.2) is 4.68 Å². The van der Waals surface area contributed by atoms with Crippen molar-refractivity contribution in [1.82, 2.24) is 24.6 Å². The van der Waals surface area contributed by atoms with Crippen molar-refractivity contribution < 1.29 is 9.53 Å². The minimum atomic E-state index is -0.346. The van der Waals surface area contributed by atoms with E-state index >= 15 is 0 Å². The molecule has 8 nitrogen and oxygen atoms in total. The predicted octanol–water partition coefficient (Wildman–Crippen LogP) is 1.13. The van der Waals surface area contributed by atoms with Crippen LogP contribution in [0.15, 0.2) is 35.8 Å². The molecule has 2 aromatic rings. The monoisotopic (exact) mass is 340 g/mol. The third kappa shape index (κ3) is 2.78. The molecule has 0 bridgehead atoms. The molecule has 0 radical (unpaired) electrons. The van der Waals surface area contributed by atoms with Gasteiger partial charge in [-0.2, -0.15) is 10.1 Å². The Balaban J connectivity index is 1.80. The number of carbonyl (C=O) groups is 1. The Morgan fingerprint density at radius 3 is 2.84 bits per heavy atom. The number of aryl methyl sites for hydroxylation is 1. The number of hydrogen-bond donors (Lipinski definition) is 1. The number of allylic oxidation sites excluding steroid dienone is 1. The van der Waals surface area contributed by atoms with Gasteiger partial charge in [0.25, 0.3) is 5.91 Å². The van der Waals surface area contributed by atoms with Gasteiger partial charge in [-0.3, -0.25) is 9.78 Å². The Bertz CT molecular complexity index is 823. The van der Waals surface area contributed by atoms with E-state index in [9.17, 15) is 4.79 Å². The first-order valence-electron chi connectivity index (χ1n) is 8.33. The minimum absolute atomic E-state index is 0.000885. The summed E-state index contributed by atoms with van der Waals surface area (Å²) in [5, 5.41) is 7.73. The number of hydrogen-bond acceptors (Lipinski definition) is 6. The summed E-state index contributed by atoms with van der Waals surface area (Å²) in [4.78, 5) is 23.7. The lowest BCUT2D eigenvalue weighted by molar-refractivity contribution is -0.131. The van der Waals surface area contributed by atoms with E-state index in [1.165, 1.54) is 0 Å². The molecule has 1 atom stereocenters. The van der Waals surface area contributed by atoms with Gasteiger partial charge < -0.3 is 15.0 Å². The summed E-state index contributed by atoms with van der Waals surface area (Å²) in [6.45, 7) is 6.07. The molecule has 0 saturated carbocycles. The molecule has 1 unspecified atom stereocenters. The number of carbonyl (C=O) groups excluding carboxylic acids is 1. The smallest absolute Gasteiger partial charge is 0.254 e.